The highest BCUT2D eigenvalue weighted by Gasteiger charge is 2.84. The van der Waals surface area contributed by atoms with Crippen LogP contribution in [0.25, 0.3) is 0 Å². The van der Waals surface area contributed by atoms with Gasteiger partial charge in [0.05, 0.1) is 0 Å². The zero-order chi connectivity index (χ0) is 13.9. The topological polar surface area (TPSA) is 40.5 Å². The Labute approximate surface area is 88.1 Å². The van der Waals surface area contributed by atoms with Gasteiger partial charge in [-0.2, -0.15) is 35.1 Å². The SMILES string of the molecule is OC1(C(F)(F)F)C=CC(O)(C(F)(F)F)C1(F)F. The third-order valence-electron chi connectivity index (χ3n) is 2.39. The summed E-state index contributed by atoms with van der Waals surface area (Å²) < 4.78 is 98.7. The molecule has 1 aliphatic carbocycles. The molecule has 0 aromatic carbocycles. The maximum atomic E-state index is 13.0. The fourth-order valence-corrected chi connectivity index (χ4v) is 1.29. The molecule has 2 unspecified atom stereocenters. The summed E-state index contributed by atoms with van der Waals surface area (Å²) in [6.45, 7) is 0. The van der Waals surface area contributed by atoms with E-state index in [0.717, 1.165) is 0 Å². The van der Waals surface area contributed by atoms with Gasteiger partial charge in [-0.05, 0) is 12.2 Å². The Bertz CT molecular complexity index is 324. The van der Waals surface area contributed by atoms with Gasteiger partial charge in [0, 0.05) is 0 Å². The van der Waals surface area contributed by atoms with E-state index < -0.39 is 41.6 Å². The van der Waals surface area contributed by atoms with Gasteiger partial charge in [0.15, 0.2) is 0 Å². The van der Waals surface area contributed by atoms with Crippen LogP contribution in [0.3, 0.4) is 0 Å². The van der Waals surface area contributed by atoms with Crippen molar-refractivity contribution in [2.45, 2.75) is 29.5 Å². The maximum absolute atomic E-state index is 13.0. The van der Waals surface area contributed by atoms with Crippen LogP contribution in [-0.4, -0.2) is 39.7 Å². The summed E-state index contributed by atoms with van der Waals surface area (Å²) in [5.74, 6) is -5.88. The lowest BCUT2D eigenvalue weighted by atomic mass is 9.89. The lowest BCUT2D eigenvalue weighted by molar-refractivity contribution is -0.375. The van der Waals surface area contributed by atoms with E-state index in [1.807, 2.05) is 0 Å². The maximum Gasteiger partial charge on any atom is 0.427 e. The van der Waals surface area contributed by atoms with E-state index in [-0.39, 0.29) is 0 Å². The fourth-order valence-electron chi connectivity index (χ4n) is 1.29. The summed E-state index contributed by atoms with van der Waals surface area (Å²) in [5, 5.41) is 17.3. The first kappa shape index (κ1) is 14.2. The van der Waals surface area contributed by atoms with Crippen LogP contribution in [0.4, 0.5) is 35.1 Å². The first-order valence-corrected chi connectivity index (χ1v) is 3.87. The highest BCUT2D eigenvalue weighted by Crippen LogP contribution is 2.57. The van der Waals surface area contributed by atoms with Crippen molar-refractivity contribution in [3.63, 3.8) is 0 Å². The van der Waals surface area contributed by atoms with Crippen LogP contribution in [0, 0.1) is 0 Å². The van der Waals surface area contributed by atoms with Crippen molar-refractivity contribution in [2.24, 2.45) is 0 Å². The third-order valence-corrected chi connectivity index (χ3v) is 2.39. The molecule has 0 heterocycles. The summed E-state index contributed by atoms with van der Waals surface area (Å²) in [5.41, 5.74) is -10.1. The molecule has 0 fully saturated rings. The molecule has 2 nitrogen and oxygen atoms in total. The first-order valence-electron chi connectivity index (χ1n) is 3.87. The molecule has 10 heteroatoms. The molecule has 0 aliphatic heterocycles. The average Bonchev–Trinajstić information content (AvgIpc) is 2.25. The first-order chi connectivity index (χ1) is 7.21. The Morgan fingerprint density at radius 2 is 0.941 bits per heavy atom. The van der Waals surface area contributed by atoms with Crippen LogP contribution in [-0.2, 0) is 0 Å². The number of hydrogen-bond donors (Lipinski definition) is 2. The Hall–Kier alpha value is -0.900. The van der Waals surface area contributed by atoms with Gasteiger partial charge in [0.2, 0.25) is 11.2 Å². The molecule has 0 saturated heterocycles. The van der Waals surface area contributed by atoms with E-state index in [2.05, 4.69) is 0 Å². The van der Waals surface area contributed by atoms with Crippen LogP contribution in [0.1, 0.15) is 0 Å². The molecule has 0 radical (unpaired) electrons. The van der Waals surface area contributed by atoms with E-state index in [9.17, 15) is 35.1 Å². The zero-order valence-corrected chi connectivity index (χ0v) is 7.57. The van der Waals surface area contributed by atoms with Crippen molar-refractivity contribution in [1.82, 2.24) is 0 Å². The molecule has 0 bridgehead atoms. The summed E-state index contributed by atoms with van der Waals surface area (Å²) in [6, 6.07) is 0. The molecule has 0 spiro atoms. The molecule has 17 heavy (non-hydrogen) atoms. The monoisotopic (exact) mass is 272 g/mol. The van der Waals surface area contributed by atoms with Gasteiger partial charge in [-0.1, -0.05) is 0 Å². The fraction of sp³-hybridized carbons (Fsp3) is 0.714. The van der Waals surface area contributed by atoms with E-state index in [4.69, 9.17) is 10.2 Å². The van der Waals surface area contributed by atoms with Crippen molar-refractivity contribution < 1.29 is 45.3 Å². The molecular weight excluding hydrogens is 268 g/mol. The Kier molecular flexibility index (Phi) is 2.59. The minimum absolute atomic E-state index is 0.805. The molecule has 2 N–H and O–H groups in total. The molecule has 100 valence electrons. The molecule has 0 saturated carbocycles. The second-order valence-electron chi connectivity index (χ2n) is 3.44. The molecule has 1 rings (SSSR count). The lowest BCUT2D eigenvalue weighted by Gasteiger charge is -2.38. The Morgan fingerprint density at radius 3 is 1.06 bits per heavy atom. The molecular formula is C7H4F8O2. The third kappa shape index (κ3) is 1.46. The van der Waals surface area contributed by atoms with Gasteiger partial charge in [0.1, 0.15) is 0 Å². The zero-order valence-electron chi connectivity index (χ0n) is 7.57. The smallest absolute Gasteiger partial charge is 0.372 e. The van der Waals surface area contributed by atoms with Gasteiger partial charge >= 0.3 is 18.3 Å². The quantitative estimate of drug-likeness (QED) is 0.521. The van der Waals surface area contributed by atoms with Gasteiger partial charge in [-0.3, -0.25) is 0 Å². The normalized spacial score (nSPS) is 37.5. The van der Waals surface area contributed by atoms with E-state index in [1.54, 1.807) is 0 Å². The largest absolute Gasteiger partial charge is 0.427 e. The number of aliphatic hydroxyl groups is 2. The molecule has 0 aromatic heterocycles. The highest BCUT2D eigenvalue weighted by molar-refractivity contribution is 5.33. The van der Waals surface area contributed by atoms with Crippen molar-refractivity contribution in [2.75, 3.05) is 0 Å². The van der Waals surface area contributed by atoms with Gasteiger partial charge in [-0.25, -0.2) is 0 Å². The summed E-state index contributed by atoms with van der Waals surface area (Å²) in [6.07, 6.45) is -13.7. The number of hydrogen-bond acceptors (Lipinski definition) is 2. The van der Waals surface area contributed by atoms with Crippen LogP contribution in [0.5, 0.6) is 0 Å². The number of alkyl halides is 8. The Balaban J connectivity index is 3.40. The standard InChI is InChI=1S/C7H4F8O2/c8-5(9)3(16,6(10,11)12)1-2-4(5,17)7(13,14)15/h1-2,16-17H. The van der Waals surface area contributed by atoms with E-state index >= 15 is 0 Å². The van der Waals surface area contributed by atoms with Crippen LogP contribution >= 0.6 is 0 Å². The van der Waals surface area contributed by atoms with Crippen molar-refractivity contribution in [3.8, 4) is 0 Å². The minimum Gasteiger partial charge on any atom is -0.372 e. The van der Waals surface area contributed by atoms with Gasteiger partial charge in [0.25, 0.3) is 0 Å². The van der Waals surface area contributed by atoms with Crippen LogP contribution < -0.4 is 0 Å². The van der Waals surface area contributed by atoms with E-state index in [1.165, 1.54) is 0 Å². The molecule has 0 amide bonds. The number of halogens is 8. The van der Waals surface area contributed by atoms with Crippen molar-refractivity contribution >= 4 is 0 Å². The van der Waals surface area contributed by atoms with Crippen LogP contribution in [0.15, 0.2) is 12.2 Å². The summed E-state index contributed by atoms with van der Waals surface area (Å²) >= 11 is 0. The second kappa shape index (κ2) is 3.10. The van der Waals surface area contributed by atoms with Crippen LogP contribution in [0.2, 0.25) is 0 Å². The Morgan fingerprint density at radius 1 is 0.706 bits per heavy atom. The van der Waals surface area contributed by atoms with E-state index in [0.29, 0.717) is 0 Å². The van der Waals surface area contributed by atoms with Gasteiger partial charge < -0.3 is 10.2 Å². The minimum atomic E-state index is -6.07. The average molecular weight is 272 g/mol. The summed E-state index contributed by atoms with van der Waals surface area (Å²) in [7, 11) is 0. The molecule has 2 atom stereocenters. The molecule has 0 aromatic rings. The second-order valence-corrected chi connectivity index (χ2v) is 3.44. The lowest BCUT2D eigenvalue weighted by Crippen LogP contribution is -2.67. The van der Waals surface area contributed by atoms with Crippen molar-refractivity contribution in [3.05, 3.63) is 12.2 Å². The number of rotatable bonds is 0. The highest BCUT2D eigenvalue weighted by atomic mass is 19.4. The predicted octanol–water partition coefficient (Wildman–Crippen LogP) is 1.78. The molecule has 1 aliphatic rings. The van der Waals surface area contributed by atoms with Gasteiger partial charge in [-0.15, -0.1) is 0 Å². The van der Waals surface area contributed by atoms with Crippen molar-refractivity contribution in [1.29, 1.82) is 0 Å². The summed E-state index contributed by atoms with van der Waals surface area (Å²) in [4.78, 5) is 0. The predicted molar refractivity (Wildman–Crippen MR) is 36.1 cm³/mol.